The lowest BCUT2D eigenvalue weighted by Crippen LogP contribution is -2.16. The van der Waals surface area contributed by atoms with E-state index in [9.17, 15) is 0 Å². The molecule has 1 aliphatic carbocycles. The number of para-hydroxylation sites is 2. The fraction of sp³-hybridized carbons (Fsp3) is 0.0476. The summed E-state index contributed by atoms with van der Waals surface area (Å²) in [6, 6.07) is 85.1. The van der Waals surface area contributed by atoms with Crippen molar-refractivity contribution in [2.24, 2.45) is 0 Å². The number of rotatable bonds is 7. The number of thiophene rings is 1. The highest BCUT2D eigenvalue weighted by atomic mass is 32.1. The van der Waals surface area contributed by atoms with E-state index in [0.717, 1.165) is 17.1 Å². The Labute approximate surface area is 388 Å². The largest absolute Gasteiger partial charge is 0.310 e. The molecule has 2 aromatic heterocycles. The monoisotopic (exact) mass is 860 g/mol. The summed E-state index contributed by atoms with van der Waals surface area (Å²) in [5, 5.41) is 5.10. The molecule has 0 unspecified atom stereocenters. The van der Waals surface area contributed by atoms with Crippen LogP contribution < -0.4 is 4.90 Å². The first kappa shape index (κ1) is 38.5. The van der Waals surface area contributed by atoms with Crippen LogP contribution in [0.4, 0.5) is 17.1 Å². The van der Waals surface area contributed by atoms with E-state index in [-0.39, 0.29) is 5.41 Å². The van der Waals surface area contributed by atoms with E-state index in [1.165, 1.54) is 103 Å². The van der Waals surface area contributed by atoms with Gasteiger partial charge in [-0.3, -0.25) is 0 Å². The first-order valence-electron chi connectivity index (χ1n) is 22.8. The van der Waals surface area contributed by atoms with Gasteiger partial charge in [-0.2, -0.15) is 0 Å². The molecule has 0 saturated heterocycles. The van der Waals surface area contributed by atoms with Crippen molar-refractivity contribution >= 4 is 70.4 Å². The van der Waals surface area contributed by atoms with Crippen molar-refractivity contribution in [3.05, 3.63) is 242 Å². The third-order valence-corrected chi connectivity index (χ3v) is 15.2. The van der Waals surface area contributed by atoms with Gasteiger partial charge in [-0.1, -0.05) is 159 Å². The van der Waals surface area contributed by atoms with Crippen molar-refractivity contribution < 1.29 is 0 Å². The molecule has 0 atom stereocenters. The number of anilines is 3. The van der Waals surface area contributed by atoms with Crippen LogP contribution in [0.15, 0.2) is 231 Å². The van der Waals surface area contributed by atoms with Crippen LogP contribution in [0, 0.1) is 0 Å². The summed E-state index contributed by atoms with van der Waals surface area (Å²) in [4.78, 5) is 2.42. The van der Waals surface area contributed by atoms with E-state index in [2.05, 4.69) is 254 Å². The standard InChI is InChI=1S/C63H44N2S/c1-63(2)57-22-12-9-19-50(57)51-35-34-49(40-58(51)63)64(47-30-25-42(26-31-47)41-15-5-3-6-16-41)48-32-27-43(28-33-48)45-38-54(62-56(39-45)53-21-11-14-24-61(53)66-62)44-29-36-60-55(37-44)52-20-10-13-23-59(52)65(60)46-17-7-4-8-18-46/h3-40H,1-2H3. The molecule has 0 fully saturated rings. The third-order valence-electron chi connectivity index (χ3n) is 14.0. The second-order valence-electron chi connectivity index (χ2n) is 18.1. The van der Waals surface area contributed by atoms with E-state index < -0.39 is 0 Å². The molecule has 0 radical (unpaired) electrons. The molecule has 0 bridgehead atoms. The summed E-state index contributed by atoms with van der Waals surface area (Å²) in [6.07, 6.45) is 0. The second kappa shape index (κ2) is 15.1. The van der Waals surface area contributed by atoms with Crippen LogP contribution in [-0.4, -0.2) is 4.57 Å². The molecular formula is C63H44N2S. The van der Waals surface area contributed by atoms with Gasteiger partial charge in [0.05, 0.1) is 11.0 Å². The zero-order valence-corrected chi connectivity index (χ0v) is 37.6. The predicted octanol–water partition coefficient (Wildman–Crippen LogP) is 17.9. The van der Waals surface area contributed by atoms with Crippen LogP contribution in [0.5, 0.6) is 0 Å². The number of fused-ring (bicyclic) bond motifs is 9. The highest BCUT2D eigenvalue weighted by Gasteiger charge is 2.35. The molecular weight excluding hydrogens is 817 g/mol. The first-order valence-corrected chi connectivity index (χ1v) is 23.6. The van der Waals surface area contributed by atoms with E-state index in [1.54, 1.807) is 0 Å². The van der Waals surface area contributed by atoms with Crippen molar-refractivity contribution in [1.29, 1.82) is 0 Å². The van der Waals surface area contributed by atoms with Gasteiger partial charge < -0.3 is 9.47 Å². The highest BCUT2D eigenvalue weighted by molar-refractivity contribution is 7.26. The Morgan fingerprint density at radius 2 is 0.924 bits per heavy atom. The predicted molar refractivity (Wildman–Crippen MR) is 282 cm³/mol. The fourth-order valence-electron chi connectivity index (χ4n) is 10.7. The molecule has 0 aliphatic heterocycles. The maximum atomic E-state index is 2.42. The van der Waals surface area contributed by atoms with Crippen LogP contribution in [0.25, 0.3) is 92.2 Å². The summed E-state index contributed by atoms with van der Waals surface area (Å²) >= 11 is 1.89. The molecule has 2 nitrogen and oxygen atoms in total. The lowest BCUT2D eigenvalue weighted by molar-refractivity contribution is 0.660. The summed E-state index contributed by atoms with van der Waals surface area (Å²) < 4.78 is 5.01. The molecule has 1 aliphatic rings. The average molecular weight is 861 g/mol. The van der Waals surface area contributed by atoms with Gasteiger partial charge in [0.1, 0.15) is 0 Å². The zero-order chi connectivity index (χ0) is 43.9. The van der Waals surface area contributed by atoms with Crippen molar-refractivity contribution in [2.75, 3.05) is 4.90 Å². The minimum atomic E-state index is -0.111. The molecule has 312 valence electrons. The molecule has 0 N–H and O–H groups in total. The minimum Gasteiger partial charge on any atom is -0.310 e. The SMILES string of the molecule is CC1(C)c2ccccc2-c2ccc(N(c3ccc(-c4ccccc4)cc3)c3ccc(-c4cc(-c5ccc6c(c5)c5ccccc5n6-c5ccccc5)c5sc6ccccc6c5c4)cc3)cc21. The normalized spacial score (nSPS) is 12.8. The number of benzene rings is 10. The lowest BCUT2D eigenvalue weighted by Gasteiger charge is -2.28. The van der Waals surface area contributed by atoms with Gasteiger partial charge in [0.2, 0.25) is 0 Å². The maximum Gasteiger partial charge on any atom is 0.0541 e. The van der Waals surface area contributed by atoms with E-state index >= 15 is 0 Å². The number of nitrogens with zero attached hydrogens (tertiary/aromatic N) is 2. The molecule has 66 heavy (non-hydrogen) atoms. The van der Waals surface area contributed by atoms with Crippen molar-refractivity contribution in [3.63, 3.8) is 0 Å². The molecule has 0 saturated carbocycles. The quantitative estimate of drug-likeness (QED) is 0.155. The van der Waals surface area contributed by atoms with Gasteiger partial charge in [-0.25, -0.2) is 0 Å². The van der Waals surface area contributed by atoms with E-state index in [1.807, 2.05) is 11.3 Å². The van der Waals surface area contributed by atoms with Gasteiger partial charge >= 0.3 is 0 Å². The first-order chi connectivity index (χ1) is 32.5. The summed E-state index contributed by atoms with van der Waals surface area (Å²) in [6.45, 7) is 4.72. The Morgan fingerprint density at radius 1 is 0.364 bits per heavy atom. The van der Waals surface area contributed by atoms with Gasteiger partial charge in [0, 0.05) is 64.7 Å². The fourth-order valence-corrected chi connectivity index (χ4v) is 11.9. The molecule has 13 rings (SSSR count). The molecule has 2 heterocycles. The van der Waals surface area contributed by atoms with Crippen LogP contribution >= 0.6 is 11.3 Å². The Kier molecular flexibility index (Phi) is 8.78. The van der Waals surface area contributed by atoms with Crippen LogP contribution in [0.3, 0.4) is 0 Å². The Morgan fingerprint density at radius 3 is 1.70 bits per heavy atom. The molecule has 10 aromatic carbocycles. The van der Waals surface area contributed by atoms with Crippen molar-refractivity contribution in [3.8, 4) is 50.2 Å². The number of aromatic nitrogens is 1. The molecule has 0 spiro atoms. The summed E-state index contributed by atoms with van der Waals surface area (Å²) in [7, 11) is 0. The van der Waals surface area contributed by atoms with Crippen LogP contribution in [-0.2, 0) is 5.41 Å². The van der Waals surface area contributed by atoms with Gasteiger partial charge in [0.25, 0.3) is 0 Å². The molecule has 3 heteroatoms. The number of hydrogen-bond donors (Lipinski definition) is 0. The lowest BCUT2D eigenvalue weighted by atomic mass is 9.82. The van der Waals surface area contributed by atoms with Gasteiger partial charge in [0.15, 0.2) is 0 Å². The van der Waals surface area contributed by atoms with Crippen molar-refractivity contribution in [2.45, 2.75) is 19.3 Å². The summed E-state index contributed by atoms with van der Waals surface area (Å²) in [5.41, 5.74) is 19.5. The van der Waals surface area contributed by atoms with E-state index in [0.29, 0.717) is 0 Å². The van der Waals surface area contributed by atoms with Crippen molar-refractivity contribution in [1.82, 2.24) is 4.57 Å². The third kappa shape index (κ3) is 6.08. The Balaban J connectivity index is 0.947. The van der Waals surface area contributed by atoms with Gasteiger partial charge in [-0.05, 0) is 135 Å². The topological polar surface area (TPSA) is 8.17 Å². The number of hydrogen-bond acceptors (Lipinski definition) is 2. The van der Waals surface area contributed by atoms with Gasteiger partial charge in [-0.15, -0.1) is 11.3 Å². The average Bonchev–Trinajstić information content (AvgIpc) is 4.00. The highest BCUT2D eigenvalue weighted by Crippen LogP contribution is 2.51. The van der Waals surface area contributed by atoms with Crippen LogP contribution in [0.2, 0.25) is 0 Å². The Bertz CT molecular complexity index is 3820. The van der Waals surface area contributed by atoms with E-state index in [4.69, 9.17) is 0 Å². The summed E-state index contributed by atoms with van der Waals surface area (Å²) in [5.74, 6) is 0. The Hall–Kier alpha value is -7.98. The second-order valence-corrected chi connectivity index (χ2v) is 19.2. The smallest absolute Gasteiger partial charge is 0.0541 e. The zero-order valence-electron chi connectivity index (χ0n) is 36.7. The van der Waals surface area contributed by atoms with Crippen LogP contribution in [0.1, 0.15) is 25.0 Å². The minimum absolute atomic E-state index is 0.111. The molecule has 12 aromatic rings. The maximum absolute atomic E-state index is 2.42. The molecule has 0 amide bonds.